The minimum Gasteiger partial charge on any atom is -0.497 e. The minimum absolute atomic E-state index is 0.102. The molecule has 0 unspecified atom stereocenters. The van der Waals surface area contributed by atoms with Gasteiger partial charge in [0, 0.05) is 21.6 Å². The van der Waals surface area contributed by atoms with E-state index in [1.807, 2.05) is 6.07 Å². The first-order chi connectivity index (χ1) is 13.5. The van der Waals surface area contributed by atoms with E-state index in [0.29, 0.717) is 16.4 Å². The Morgan fingerprint density at radius 1 is 1.18 bits per heavy atom. The van der Waals surface area contributed by atoms with Gasteiger partial charge in [-0.05, 0) is 42.0 Å². The van der Waals surface area contributed by atoms with Gasteiger partial charge in [-0.2, -0.15) is 0 Å². The Kier molecular flexibility index (Phi) is 6.57. The fourth-order valence-electron chi connectivity index (χ4n) is 2.30. The summed E-state index contributed by atoms with van der Waals surface area (Å²) in [7, 11) is 1.58. The summed E-state index contributed by atoms with van der Waals surface area (Å²) >= 11 is 4.63. The third-order valence-electron chi connectivity index (χ3n) is 3.66. The van der Waals surface area contributed by atoms with E-state index in [2.05, 4.69) is 31.5 Å². The molecule has 0 aliphatic heterocycles. The number of hydrogen-bond acceptors (Lipinski definition) is 5. The molecule has 0 atom stereocenters. The monoisotopic (exact) mass is 457 g/mol. The quantitative estimate of drug-likeness (QED) is 0.540. The number of halogens is 1. The standard InChI is InChI=1S/C20H16BrN3O3S/c1-27-16-7-5-13(6-8-16)11-17(19(26)24-20-22-9-10-28-20)23-18(25)14-3-2-4-15(21)12-14/h2-12H,1H3,(H,23,25)(H,22,24,26)/b17-11-. The minimum atomic E-state index is -0.464. The number of carbonyl (C=O) groups is 2. The normalized spacial score (nSPS) is 11.0. The molecule has 142 valence electrons. The molecule has 0 bridgehead atoms. The summed E-state index contributed by atoms with van der Waals surface area (Å²) in [5.41, 5.74) is 1.27. The first kappa shape index (κ1) is 19.8. The molecular weight excluding hydrogens is 442 g/mol. The van der Waals surface area contributed by atoms with Gasteiger partial charge in [0.1, 0.15) is 11.4 Å². The molecule has 0 spiro atoms. The average molecular weight is 458 g/mol. The van der Waals surface area contributed by atoms with Crippen LogP contribution in [0.5, 0.6) is 5.75 Å². The lowest BCUT2D eigenvalue weighted by molar-refractivity contribution is -0.113. The number of anilines is 1. The SMILES string of the molecule is COc1ccc(/C=C(\NC(=O)c2cccc(Br)c2)C(=O)Nc2nccs2)cc1. The lowest BCUT2D eigenvalue weighted by Gasteiger charge is -2.10. The van der Waals surface area contributed by atoms with Crippen molar-refractivity contribution < 1.29 is 14.3 Å². The molecule has 6 nitrogen and oxygen atoms in total. The number of amides is 2. The first-order valence-electron chi connectivity index (χ1n) is 8.18. The van der Waals surface area contributed by atoms with Gasteiger partial charge in [-0.25, -0.2) is 4.98 Å². The molecular formula is C20H16BrN3O3S. The van der Waals surface area contributed by atoms with E-state index in [-0.39, 0.29) is 5.70 Å². The molecule has 8 heteroatoms. The lowest BCUT2D eigenvalue weighted by Crippen LogP contribution is -2.30. The zero-order valence-corrected chi connectivity index (χ0v) is 17.2. The molecule has 28 heavy (non-hydrogen) atoms. The van der Waals surface area contributed by atoms with Crippen LogP contribution in [0.4, 0.5) is 5.13 Å². The van der Waals surface area contributed by atoms with E-state index < -0.39 is 11.8 Å². The largest absolute Gasteiger partial charge is 0.497 e. The molecule has 3 rings (SSSR count). The number of carbonyl (C=O) groups excluding carboxylic acids is 2. The van der Waals surface area contributed by atoms with Crippen LogP contribution >= 0.6 is 27.3 Å². The maximum absolute atomic E-state index is 12.7. The fraction of sp³-hybridized carbons (Fsp3) is 0.0500. The van der Waals surface area contributed by atoms with Gasteiger partial charge in [-0.1, -0.05) is 34.1 Å². The number of aromatic nitrogens is 1. The van der Waals surface area contributed by atoms with Gasteiger partial charge in [0.15, 0.2) is 5.13 Å². The van der Waals surface area contributed by atoms with Crippen LogP contribution in [0.15, 0.2) is 70.3 Å². The highest BCUT2D eigenvalue weighted by molar-refractivity contribution is 9.10. The lowest BCUT2D eigenvalue weighted by atomic mass is 10.1. The summed E-state index contributed by atoms with van der Waals surface area (Å²) in [6.07, 6.45) is 3.19. The summed E-state index contributed by atoms with van der Waals surface area (Å²) < 4.78 is 5.92. The van der Waals surface area contributed by atoms with Gasteiger partial charge in [-0.3, -0.25) is 14.9 Å². The number of ether oxygens (including phenoxy) is 1. The predicted molar refractivity (Wildman–Crippen MR) is 113 cm³/mol. The number of thiazole rings is 1. The number of benzene rings is 2. The highest BCUT2D eigenvalue weighted by Crippen LogP contribution is 2.17. The molecule has 2 N–H and O–H groups in total. The Hall–Kier alpha value is -2.97. The molecule has 3 aromatic rings. The summed E-state index contributed by atoms with van der Waals surface area (Å²) in [6, 6.07) is 14.1. The Bertz CT molecular complexity index is 1000. The van der Waals surface area contributed by atoms with E-state index in [1.54, 1.807) is 67.2 Å². The van der Waals surface area contributed by atoms with E-state index in [9.17, 15) is 9.59 Å². The van der Waals surface area contributed by atoms with Crippen molar-refractivity contribution in [2.45, 2.75) is 0 Å². The first-order valence-corrected chi connectivity index (χ1v) is 9.86. The van der Waals surface area contributed by atoms with Crippen LogP contribution in [0.2, 0.25) is 0 Å². The van der Waals surface area contributed by atoms with Crippen molar-refractivity contribution in [1.29, 1.82) is 0 Å². The van der Waals surface area contributed by atoms with Crippen LogP contribution < -0.4 is 15.4 Å². The maximum atomic E-state index is 12.7. The molecule has 2 amide bonds. The Balaban J connectivity index is 1.87. The molecule has 2 aromatic carbocycles. The third kappa shape index (κ3) is 5.28. The highest BCUT2D eigenvalue weighted by Gasteiger charge is 2.16. The van der Waals surface area contributed by atoms with E-state index >= 15 is 0 Å². The molecule has 0 fully saturated rings. The van der Waals surface area contributed by atoms with Crippen molar-refractivity contribution in [2.24, 2.45) is 0 Å². The smallest absolute Gasteiger partial charge is 0.273 e. The van der Waals surface area contributed by atoms with Crippen molar-refractivity contribution >= 4 is 50.3 Å². The van der Waals surface area contributed by atoms with Gasteiger partial charge < -0.3 is 10.1 Å². The topological polar surface area (TPSA) is 80.3 Å². The van der Waals surface area contributed by atoms with E-state index in [1.165, 1.54) is 11.3 Å². The summed E-state index contributed by atoms with van der Waals surface area (Å²) in [4.78, 5) is 29.4. The van der Waals surface area contributed by atoms with Gasteiger partial charge in [0.2, 0.25) is 0 Å². The fourth-order valence-corrected chi connectivity index (χ4v) is 3.22. The van der Waals surface area contributed by atoms with Gasteiger partial charge >= 0.3 is 0 Å². The summed E-state index contributed by atoms with van der Waals surface area (Å²) in [5, 5.41) is 7.57. The van der Waals surface area contributed by atoms with Crippen molar-refractivity contribution in [3.63, 3.8) is 0 Å². The number of hydrogen-bond donors (Lipinski definition) is 2. The van der Waals surface area contributed by atoms with Crippen LogP contribution in [-0.4, -0.2) is 23.9 Å². The molecule has 1 heterocycles. The molecule has 0 radical (unpaired) electrons. The van der Waals surface area contributed by atoms with E-state index in [0.717, 1.165) is 10.0 Å². The number of rotatable bonds is 6. The van der Waals surface area contributed by atoms with Gasteiger partial charge in [0.05, 0.1) is 7.11 Å². The second-order valence-corrected chi connectivity index (χ2v) is 7.40. The van der Waals surface area contributed by atoms with Crippen LogP contribution in [0.25, 0.3) is 6.08 Å². The zero-order chi connectivity index (χ0) is 19.9. The molecule has 0 saturated carbocycles. The molecule has 0 saturated heterocycles. The molecule has 0 aliphatic carbocycles. The van der Waals surface area contributed by atoms with Crippen LogP contribution in [0.3, 0.4) is 0 Å². The number of nitrogens with zero attached hydrogens (tertiary/aromatic N) is 1. The second kappa shape index (κ2) is 9.29. The predicted octanol–water partition coefficient (Wildman–Crippen LogP) is 4.32. The van der Waals surface area contributed by atoms with Crippen molar-refractivity contribution in [2.75, 3.05) is 12.4 Å². The van der Waals surface area contributed by atoms with Crippen LogP contribution in [0, 0.1) is 0 Å². The Morgan fingerprint density at radius 3 is 2.61 bits per heavy atom. The molecule has 0 aliphatic rings. The number of nitrogens with one attached hydrogen (secondary N) is 2. The maximum Gasteiger partial charge on any atom is 0.273 e. The van der Waals surface area contributed by atoms with Gasteiger partial charge in [-0.15, -0.1) is 11.3 Å². The van der Waals surface area contributed by atoms with Crippen LogP contribution in [0.1, 0.15) is 15.9 Å². The van der Waals surface area contributed by atoms with Gasteiger partial charge in [0.25, 0.3) is 11.8 Å². The number of methoxy groups -OCH3 is 1. The third-order valence-corrected chi connectivity index (χ3v) is 4.84. The van der Waals surface area contributed by atoms with Crippen molar-refractivity contribution in [1.82, 2.24) is 10.3 Å². The van der Waals surface area contributed by atoms with Crippen molar-refractivity contribution in [3.05, 3.63) is 81.4 Å². The summed E-state index contributed by atoms with van der Waals surface area (Å²) in [5.74, 6) is -0.159. The Morgan fingerprint density at radius 2 is 1.96 bits per heavy atom. The van der Waals surface area contributed by atoms with Crippen LogP contribution in [-0.2, 0) is 4.79 Å². The zero-order valence-electron chi connectivity index (χ0n) is 14.8. The average Bonchev–Trinajstić information content (AvgIpc) is 3.21. The highest BCUT2D eigenvalue weighted by atomic mass is 79.9. The molecule has 1 aromatic heterocycles. The second-order valence-electron chi connectivity index (χ2n) is 5.59. The van der Waals surface area contributed by atoms with Crippen molar-refractivity contribution in [3.8, 4) is 5.75 Å². The van der Waals surface area contributed by atoms with E-state index in [4.69, 9.17) is 4.74 Å². The summed E-state index contributed by atoms with van der Waals surface area (Å²) in [6.45, 7) is 0. The Labute approximate surface area is 174 Å².